The first-order chi connectivity index (χ1) is 7.09. The van der Waals surface area contributed by atoms with Crippen LogP contribution in [0.25, 0.3) is 0 Å². The molecule has 2 rings (SSSR count). The molecule has 0 amide bonds. The third-order valence-corrected chi connectivity index (χ3v) is 4.82. The van der Waals surface area contributed by atoms with Gasteiger partial charge in [-0.2, -0.15) is 0 Å². The first-order valence-corrected chi connectivity index (χ1v) is 7.11. The SMILES string of the molecule is O=S(=O)(NCC1CC1)c1ccccc1Br. The minimum atomic E-state index is -3.34. The monoisotopic (exact) mass is 289 g/mol. The molecule has 0 radical (unpaired) electrons. The van der Waals surface area contributed by atoms with Crippen LogP contribution in [0, 0.1) is 5.92 Å². The van der Waals surface area contributed by atoms with Gasteiger partial charge in [-0.05, 0) is 46.8 Å². The van der Waals surface area contributed by atoms with E-state index in [4.69, 9.17) is 0 Å². The Morgan fingerprint density at radius 1 is 1.33 bits per heavy atom. The first kappa shape index (κ1) is 11.1. The van der Waals surface area contributed by atoms with Crippen molar-refractivity contribution in [3.8, 4) is 0 Å². The van der Waals surface area contributed by atoms with Gasteiger partial charge in [0, 0.05) is 11.0 Å². The van der Waals surface area contributed by atoms with Gasteiger partial charge in [-0.3, -0.25) is 0 Å². The smallest absolute Gasteiger partial charge is 0.211 e. The maximum Gasteiger partial charge on any atom is 0.241 e. The van der Waals surface area contributed by atoms with Gasteiger partial charge in [0.1, 0.15) is 0 Å². The van der Waals surface area contributed by atoms with E-state index in [2.05, 4.69) is 20.7 Å². The number of hydrogen-bond acceptors (Lipinski definition) is 2. The number of hydrogen-bond donors (Lipinski definition) is 1. The van der Waals surface area contributed by atoms with Gasteiger partial charge < -0.3 is 0 Å². The van der Waals surface area contributed by atoms with Crippen molar-refractivity contribution in [2.24, 2.45) is 5.92 Å². The van der Waals surface area contributed by atoms with E-state index in [1.807, 2.05) is 0 Å². The van der Waals surface area contributed by atoms with Crippen LogP contribution in [0.5, 0.6) is 0 Å². The predicted octanol–water partition coefficient (Wildman–Crippen LogP) is 2.14. The summed E-state index contributed by atoms with van der Waals surface area (Å²) in [4.78, 5) is 0.311. The van der Waals surface area contributed by atoms with E-state index in [0.717, 1.165) is 12.8 Å². The highest BCUT2D eigenvalue weighted by Crippen LogP contribution is 2.28. The van der Waals surface area contributed by atoms with E-state index in [9.17, 15) is 8.42 Å². The molecule has 0 spiro atoms. The molecule has 0 unspecified atom stereocenters. The molecule has 1 fully saturated rings. The number of benzene rings is 1. The summed E-state index contributed by atoms with van der Waals surface area (Å²) < 4.78 is 26.9. The third-order valence-electron chi connectivity index (χ3n) is 2.39. The molecule has 0 aromatic heterocycles. The largest absolute Gasteiger partial charge is 0.241 e. The van der Waals surface area contributed by atoms with Gasteiger partial charge in [0.25, 0.3) is 0 Å². The number of sulfonamides is 1. The van der Waals surface area contributed by atoms with Crippen LogP contribution in [0.2, 0.25) is 0 Å². The van der Waals surface area contributed by atoms with Gasteiger partial charge in [-0.1, -0.05) is 12.1 Å². The fourth-order valence-corrected chi connectivity index (χ4v) is 3.41. The molecule has 0 heterocycles. The van der Waals surface area contributed by atoms with Gasteiger partial charge in [-0.15, -0.1) is 0 Å². The molecule has 1 aliphatic rings. The quantitative estimate of drug-likeness (QED) is 0.923. The zero-order chi connectivity index (χ0) is 10.9. The molecule has 1 aromatic carbocycles. The van der Waals surface area contributed by atoms with E-state index < -0.39 is 10.0 Å². The lowest BCUT2D eigenvalue weighted by Crippen LogP contribution is -2.26. The van der Waals surface area contributed by atoms with Crippen LogP contribution in [-0.4, -0.2) is 15.0 Å². The molecule has 1 N–H and O–H groups in total. The van der Waals surface area contributed by atoms with E-state index in [-0.39, 0.29) is 0 Å². The van der Waals surface area contributed by atoms with Crippen molar-refractivity contribution >= 4 is 26.0 Å². The molecule has 1 saturated carbocycles. The topological polar surface area (TPSA) is 46.2 Å². The zero-order valence-corrected chi connectivity index (χ0v) is 10.5. The summed E-state index contributed by atoms with van der Waals surface area (Å²) in [6.45, 7) is 0.559. The van der Waals surface area contributed by atoms with Crippen molar-refractivity contribution in [2.45, 2.75) is 17.7 Å². The number of nitrogens with one attached hydrogen (secondary N) is 1. The highest BCUT2D eigenvalue weighted by Gasteiger charge is 2.24. The number of rotatable bonds is 4. The fourth-order valence-electron chi connectivity index (χ4n) is 1.29. The van der Waals surface area contributed by atoms with Crippen LogP contribution in [-0.2, 0) is 10.0 Å². The normalized spacial score (nSPS) is 16.6. The van der Waals surface area contributed by atoms with Gasteiger partial charge in [0.2, 0.25) is 10.0 Å². The summed E-state index contributed by atoms with van der Waals surface area (Å²) in [5.74, 6) is 0.544. The standard InChI is InChI=1S/C10H12BrNO2S/c11-9-3-1-2-4-10(9)15(13,14)12-7-8-5-6-8/h1-4,8,12H,5-7H2. The second-order valence-electron chi connectivity index (χ2n) is 3.73. The van der Waals surface area contributed by atoms with Gasteiger partial charge in [0.05, 0.1) is 4.90 Å². The van der Waals surface area contributed by atoms with Crippen LogP contribution in [0.15, 0.2) is 33.6 Å². The van der Waals surface area contributed by atoms with E-state index in [1.54, 1.807) is 24.3 Å². The molecular weight excluding hydrogens is 278 g/mol. The summed E-state index contributed by atoms with van der Waals surface area (Å²) >= 11 is 3.24. The van der Waals surface area contributed by atoms with E-state index in [0.29, 0.717) is 21.8 Å². The molecule has 5 heteroatoms. The van der Waals surface area contributed by atoms with Crippen LogP contribution in [0.4, 0.5) is 0 Å². The minimum absolute atomic E-state index is 0.311. The van der Waals surface area contributed by atoms with Gasteiger partial charge in [0.15, 0.2) is 0 Å². The van der Waals surface area contributed by atoms with E-state index in [1.165, 1.54) is 0 Å². The Hall–Kier alpha value is -0.390. The van der Waals surface area contributed by atoms with Gasteiger partial charge in [-0.25, -0.2) is 13.1 Å². The van der Waals surface area contributed by atoms with Crippen LogP contribution in [0.1, 0.15) is 12.8 Å². The van der Waals surface area contributed by atoms with Gasteiger partial charge >= 0.3 is 0 Å². The summed E-state index contributed by atoms with van der Waals surface area (Å²) in [7, 11) is -3.34. The van der Waals surface area contributed by atoms with Crippen molar-refractivity contribution in [1.82, 2.24) is 4.72 Å². The Morgan fingerprint density at radius 3 is 2.60 bits per heavy atom. The molecule has 0 atom stereocenters. The second-order valence-corrected chi connectivity index (χ2v) is 6.32. The first-order valence-electron chi connectivity index (χ1n) is 4.84. The van der Waals surface area contributed by atoms with Crippen molar-refractivity contribution < 1.29 is 8.42 Å². The lowest BCUT2D eigenvalue weighted by atomic mass is 10.4. The summed E-state index contributed by atoms with van der Waals surface area (Å²) in [5.41, 5.74) is 0. The highest BCUT2D eigenvalue weighted by molar-refractivity contribution is 9.10. The summed E-state index contributed by atoms with van der Waals surface area (Å²) in [6, 6.07) is 6.84. The Kier molecular flexibility index (Phi) is 3.13. The highest BCUT2D eigenvalue weighted by atomic mass is 79.9. The Labute approximate surface area is 98.1 Å². The Bertz CT molecular complexity index is 454. The predicted molar refractivity (Wildman–Crippen MR) is 62.1 cm³/mol. The van der Waals surface area contributed by atoms with Crippen molar-refractivity contribution in [3.63, 3.8) is 0 Å². The van der Waals surface area contributed by atoms with Crippen LogP contribution >= 0.6 is 15.9 Å². The lowest BCUT2D eigenvalue weighted by Gasteiger charge is -2.07. The maximum absolute atomic E-state index is 11.8. The number of halogens is 1. The molecule has 82 valence electrons. The second kappa shape index (κ2) is 4.23. The fraction of sp³-hybridized carbons (Fsp3) is 0.400. The maximum atomic E-state index is 11.8. The molecule has 1 aliphatic carbocycles. The third kappa shape index (κ3) is 2.80. The minimum Gasteiger partial charge on any atom is -0.211 e. The van der Waals surface area contributed by atoms with Crippen LogP contribution < -0.4 is 4.72 Å². The van der Waals surface area contributed by atoms with Crippen molar-refractivity contribution in [2.75, 3.05) is 6.54 Å². The molecular formula is C10H12BrNO2S. The zero-order valence-electron chi connectivity index (χ0n) is 8.11. The average Bonchev–Trinajstić information content (AvgIpc) is 2.99. The summed E-state index contributed by atoms with van der Waals surface area (Å²) in [5, 5.41) is 0. The Balaban J connectivity index is 2.16. The molecule has 1 aromatic rings. The van der Waals surface area contributed by atoms with Crippen molar-refractivity contribution in [3.05, 3.63) is 28.7 Å². The molecule has 0 aliphatic heterocycles. The van der Waals surface area contributed by atoms with Crippen LogP contribution in [0.3, 0.4) is 0 Å². The Morgan fingerprint density at radius 2 is 2.00 bits per heavy atom. The summed E-state index contributed by atoms with van der Waals surface area (Å²) in [6.07, 6.45) is 2.27. The lowest BCUT2D eigenvalue weighted by molar-refractivity contribution is 0.577. The molecule has 0 saturated heterocycles. The van der Waals surface area contributed by atoms with Crippen molar-refractivity contribution in [1.29, 1.82) is 0 Å². The van der Waals surface area contributed by atoms with E-state index >= 15 is 0 Å². The molecule has 3 nitrogen and oxygen atoms in total. The molecule has 15 heavy (non-hydrogen) atoms. The molecule has 0 bridgehead atoms. The average molecular weight is 290 g/mol.